The number of benzene rings is 7. The van der Waals surface area contributed by atoms with Gasteiger partial charge in [-0.1, -0.05) is 86.2 Å². The van der Waals surface area contributed by atoms with Gasteiger partial charge in [0, 0.05) is 24.0 Å². The van der Waals surface area contributed by atoms with E-state index < -0.39 is 5.31 Å². The van der Waals surface area contributed by atoms with Gasteiger partial charge in [0.2, 0.25) is 0 Å². The van der Waals surface area contributed by atoms with Crippen LogP contribution in [0, 0.1) is 0 Å². The first-order valence-corrected chi connectivity index (χ1v) is 26.4. The van der Waals surface area contributed by atoms with Gasteiger partial charge in [0.15, 0.2) is 0 Å². The van der Waals surface area contributed by atoms with Crippen LogP contribution in [-0.4, -0.2) is 7.11 Å². The van der Waals surface area contributed by atoms with Crippen molar-refractivity contribution >= 4 is 159 Å². The Labute approximate surface area is 404 Å². The molecule has 0 aromatic heterocycles. The van der Waals surface area contributed by atoms with Crippen LogP contribution in [0.1, 0.15) is 24.1 Å². The van der Waals surface area contributed by atoms with Crippen molar-refractivity contribution in [2.45, 2.75) is 13.6 Å². The van der Waals surface area contributed by atoms with Crippen LogP contribution in [0.4, 0.5) is 0 Å². The Balaban J connectivity index is 0.000000218. The molecule has 300 valence electrons. The van der Waals surface area contributed by atoms with Gasteiger partial charge in [-0.15, -0.1) is 0 Å². The van der Waals surface area contributed by atoms with E-state index in [2.05, 4.69) is 176 Å². The van der Waals surface area contributed by atoms with Gasteiger partial charge >= 0.3 is 195 Å². The second kappa shape index (κ2) is 22.8. The van der Waals surface area contributed by atoms with Gasteiger partial charge in [0.05, 0.1) is 11.6 Å². The number of halogens is 9. The molecule has 0 spiro atoms. The fourth-order valence-electron chi connectivity index (χ4n) is 6.02. The van der Waals surface area contributed by atoms with E-state index in [1.807, 2.05) is 66.7 Å². The van der Waals surface area contributed by atoms with E-state index in [0.717, 1.165) is 46.0 Å². The van der Waals surface area contributed by atoms with Crippen LogP contribution in [0.5, 0.6) is 5.75 Å². The molecule has 0 aliphatic rings. The van der Waals surface area contributed by atoms with Gasteiger partial charge in [-0.2, -0.15) is 0 Å². The van der Waals surface area contributed by atoms with E-state index in [-0.39, 0.29) is 7.43 Å². The monoisotopic (exact) mass is 1180 g/mol. The predicted molar refractivity (Wildman–Crippen MR) is 277 cm³/mol. The quantitative estimate of drug-likeness (QED) is 0.109. The van der Waals surface area contributed by atoms with Gasteiger partial charge in [0.1, 0.15) is 5.75 Å². The van der Waals surface area contributed by atoms with E-state index in [1.54, 1.807) is 19.2 Å². The first-order chi connectivity index (χ1) is 27.3. The van der Waals surface area contributed by atoms with Gasteiger partial charge in [-0.3, -0.25) is 0 Å². The zero-order valence-corrected chi connectivity index (χ0v) is 42.1. The first kappa shape index (κ1) is 48.7. The minimum atomic E-state index is -3.01. The molecule has 1 nitrogen and oxygen atoms in total. The third-order valence-electron chi connectivity index (χ3n) is 8.83. The van der Waals surface area contributed by atoms with Crippen molar-refractivity contribution in [3.63, 3.8) is 0 Å². The molecule has 0 N–H and O–H groups in total. The fraction of sp³-hybridized carbons (Fsp3) is 0.0638. The van der Waals surface area contributed by atoms with E-state index >= 15 is 0 Å². The SMILES string of the molecule is C.COc1cc(Cl)ccc1Br.Clc1ccc(Br)c(/C=C\c2cc(Cl)ccc2Br)c1.Clc1ccc(Br)c(CP(Br)(c2ccccc2)(c2ccccc2)c2ccccc2)c1. The van der Waals surface area contributed by atoms with Crippen LogP contribution in [0.25, 0.3) is 12.2 Å². The molecule has 7 rings (SSSR count). The summed E-state index contributed by atoms with van der Waals surface area (Å²) in [5.74, 6) is 0.757. The summed E-state index contributed by atoms with van der Waals surface area (Å²) in [6.07, 6.45) is 4.80. The first-order valence-electron chi connectivity index (χ1n) is 17.2. The topological polar surface area (TPSA) is 9.23 Å². The maximum atomic E-state index is 6.41. The Hall–Kier alpha value is -1.93. The van der Waals surface area contributed by atoms with E-state index in [0.29, 0.717) is 15.1 Å². The molecule has 7 aromatic rings. The second-order valence-electron chi connectivity index (χ2n) is 12.5. The summed E-state index contributed by atoms with van der Waals surface area (Å²) in [5.41, 5.74) is 3.23. The van der Waals surface area contributed by atoms with Crippen molar-refractivity contribution in [2.24, 2.45) is 0 Å². The molecule has 0 heterocycles. The summed E-state index contributed by atoms with van der Waals surface area (Å²) in [6.45, 7) is 0. The Morgan fingerprint density at radius 1 is 0.466 bits per heavy atom. The summed E-state index contributed by atoms with van der Waals surface area (Å²) in [4.78, 5) is 0. The zero-order valence-electron chi connectivity index (χ0n) is 30.2. The minimum absolute atomic E-state index is 0. The maximum absolute atomic E-state index is 6.41. The molecule has 0 aliphatic carbocycles. The average Bonchev–Trinajstić information content (AvgIpc) is 3.23. The summed E-state index contributed by atoms with van der Waals surface area (Å²) in [7, 11) is 1.61. The Kier molecular flexibility index (Phi) is 19.1. The normalized spacial score (nSPS) is 11.5. The van der Waals surface area contributed by atoms with E-state index in [1.165, 1.54) is 21.5 Å². The second-order valence-corrected chi connectivity index (χ2v) is 26.6. The average molecular weight is 1190 g/mol. The third kappa shape index (κ3) is 12.3. The van der Waals surface area contributed by atoms with Crippen LogP contribution in [0.2, 0.25) is 20.1 Å². The third-order valence-corrected chi connectivity index (χ3v) is 22.1. The molecule has 0 radical (unpaired) electrons. The van der Waals surface area contributed by atoms with Crippen LogP contribution >= 0.6 is 131 Å². The molecular weight excluding hydrogens is 1150 g/mol. The van der Waals surface area contributed by atoms with E-state index in [4.69, 9.17) is 51.1 Å². The standard InChI is InChI=1S/C25H20Br2ClP.C14H8Br2Cl2.C7H6BrClO.CH4/c26-25-17-16-21(28)18-20(25)19-29(27,22-10-4-1-5-11-22,23-12-6-2-7-13-23)24-14-8-3-9-15-24;15-13-5-3-11(17)7-9(13)1-2-10-8-12(18)4-6-14(10)16;1-10-7-4-5(9)2-3-6(7)8;/h1-18H,19H2;1-8H;2-4H,1H3;1H4/b;2-1-;;. The van der Waals surface area contributed by atoms with Crippen LogP contribution < -0.4 is 20.7 Å². The van der Waals surface area contributed by atoms with Gasteiger partial charge < -0.3 is 4.74 Å². The molecule has 0 bridgehead atoms. The number of ether oxygens (including phenoxy) is 1. The van der Waals surface area contributed by atoms with Gasteiger partial charge in [-0.05, 0) is 81.7 Å². The molecule has 0 fully saturated rings. The molecular formula is C47H38Br5Cl4OP. The molecule has 0 saturated heterocycles. The van der Waals surface area contributed by atoms with Crippen LogP contribution in [0.3, 0.4) is 0 Å². The molecule has 58 heavy (non-hydrogen) atoms. The van der Waals surface area contributed by atoms with E-state index in [9.17, 15) is 0 Å². The van der Waals surface area contributed by atoms with Crippen molar-refractivity contribution in [3.05, 3.63) is 218 Å². The Bertz CT molecular complexity index is 2300. The van der Waals surface area contributed by atoms with Crippen molar-refractivity contribution in [1.29, 1.82) is 0 Å². The zero-order chi connectivity index (χ0) is 41.0. The number of rotatable bonds is 8. The van der Waals surface area contributed by atoms with Crippen molar-refractivity contribution in [2.75, 3.05) is 7.11 Å². The molecule has 0 atom stereocenters. The van der Waals surface area contributed by atoms with Crippen LogP contribution in [0.15, 0.2) is 182 Å². The summed E-state index contributed by atoms with van der Waals surface area (Å²) < 4.78 is 8.98. The predicted octanol–water partition coefficient (Wildman–Crippen LogP) is 17.9. The molecule has 0 aliphatic heterocycles. The Morgan fingerprint density at radius 2 is 0.810 bits per heavy atom. The summed E-state index contributed by atoms with van der Waals surface area (Å²) in [6, 6.07) is 55.2. The van der Waals surface area contributed by atoms with Gasteiger partial charge in [0.25, 0.3) is 0 Å². The molecule has 0 saturated carbocycles. The van der Waals surface area contributed by atoms with Gasteiger partial charge in [-0.25, -0.2) is 0 Å². The molecule has 7 aromatic carbocycles. The molecule has 0 amide bonds. The number of methoxy groups -OCH3 is 1. The Morgan fingerprint density at radius 3 is 1.19 bits per heavy atom. The van der Waals surface area contributed by atoms with Crippen LogP contribution in [-0.2, 0) is 6.16 Å². The van der Waals surface area contributed by atoms with Crippen molar-refractivity contribution in [3.8, 4) is 5.75 Å². The number of hydrogen-bond donors (Lipinski definition) is 0. The van der Waals surface area contributed by atoms with Crippen molar-refractivity contribution in [1.82, 2.24) is 0 Å². The summed E-state index contributed by atoms with van der Waals surface area (Å²) in [5, 5.41) is 3.72. The van der Waals surface area contributed by atoms with Crippen molar-refractivity contribution < 1.29 is 4.74 Å². The fourth-order valence-corrected chi connectivity index (χ4v) is 16.2. The number of hydrogen-bond acceptors (Lipinski definition) is 1. The molecule has 11 heteroatoms. The molecule has 0 unspecified atom stereocenters. The summed E-state index contributed by atoms with van der Waals surface area (Å²) >= 11 is 42.6.